The number of nitrogens with zero attached hydrogens (tertiary/aromatic N) is 4. The number of hydrogen-bond acceptors (Lipinski definition) is 4. The number of para-hydroxylation sites is 4. The molecule has 9 aromatic rings. The molecule has 2 aliphatic rings. The highest BCUT2D eigenvalue weighted by Gasteiger charge is 2.45. The maximum atomic E-state index is 12.3. The molecule has 2 heterocycles. The van der Waals surface area contributed by atoms with E-state index >= 15 is 0 Å². The van der Waals surface area contributed by atoms with Gasteiger partial charge in [-0.25, -0.2) is 0 Å². The van der Waals surface area contributed by atoms with E-state index in [-0.39, 0.29) is 13.4 Å². The van der Waals surface area contributed by atoms with Crippen LogP contribution in [0, 0.1) is 59.8 Å². The number of benzene rings is 9. The number of fused-ring (bicyclic) bond motifs is 4. The first-order valence-corrected chi connectivity index (χ1v) is 23.7. The molecule has 326 valence electrons. The average Bonchev–Trinajstić information content (AvgIpc) is 3.34. The maximum absolute atomic E-state index is 12.3. The third-order valence-corrected chi connectivity index (χ3v) is 14.2. The van der Waals surface area contributed by atoms with Gasteiger partial charge in [-0.2, -0.15) is 5.26 Å². The van der Waals surface area contributed by atoms with Crippen LogP contribution in [0.15, 0.2) is 188 Å². The number of nitriles is 1. The lowest BCUT2D eigenvalue weighted by molar-refractivity contribution is 1.23. The van der Waals surface area contributed by atoms with E-state index in [2.05, 4.69) is 257 Å². The largest absolute Gasteiger partial charge is 0.310 e. The fraction of sp³-hybridized carbons (Fsp3) is 0.113. The van der Waals surface area contributed by atoms with Gasteiger partial charge in [-0.05, 0) is 143 Å². The molecule has 0 radical (unpaired) electrons. The normalized spacial score (nSPS) is 12.5. The zero-order valence-electron chi connectivity index (χ0n) is 39.8. The van der Waals surface area contributed by atoms with Crippen molar-refractivity contribution < 1.29 is 0 Å². The Morgan fingerprint density at radius 1 is 0.382 bits per heavy atom. The monoisotopic (exact) mass is 874 g/mol. The van der Waals surface area contributed by atoms with Crippen LogP contribution in [0.4, 0.5) is 51.2 Å². The van der Waals surface area contributed by atoms with Crippen molar-refractivity contribution in [3.05, 3.63) is 233 Å². The Hall–Kier alpha value is -8.00. The van der Waals surface area contributed by atoms with Gasteiger partial charge in [0.05, 0.1) is 16.9 Å². The Morgan fingerprint density at radius 2 is 0.779 bits per heavy atom. The van der Waals surface area contributed by atoms with Crippen LogP contribution in [-0.4, -0.2) is 13.4 Å². The summed E-state index contributed by atoms with van der Waals surface area (Å²) >= 11 is 0. The predicted molar refractivity (Wildman–Crippen MR) is 291 cm³/mol. The van der Waals surface area contributed by atoms with E-state index in [4.69, 9.17) is 0 Å². The zero-order chi connectivity index (χ0) is 46.8. The van der Waals surface area contributed by atoms with Gasteiger partial charge in [-0.3, -0.25) is 0 Å². The average molecular weight is 875 g/mol. The predicted octanol–water partition coefficient (Wildman–Crippen LogP) is 11.8. The Balaban J connectivity index is 1.30. The summed E-state index contributed by atoms with van der Waals surface area (Å²) in [5, 5.41) is 12.3. The summed E-state index contributed by atoms with van der Waals surface area (Å²) in [6.07, 6.45) is 0. The standard InChI is InChI=1S/C62H52B2N4/c1-40-28-30-53-57(36-40)67(49-24-16-10-17-25-49)61-52(39-65)62-56(38-55(61)63(53)59-43(4)32-41(2)33-44(59)5)64(60-45(6)34-42(3)35-46(60)7)54-31-29-51(37-58(54)68(62)50-26-18-11-19-27-50)66(47-20-12-8-13-21-47)48-22-14-9-15-23-48/h8-38H,1-7H3. The van der Waals surface area contributed by atoms with E-state index < -0.39 is 0 Å². The lowest BCUT2D eigenvalue weighted by Crippen LogP contribution is -2.63. The second-order valence-electron chi connectivity index (χ2n) is 18.9. The van der Waals surface area contributed by atoms with Crippen molar-refractivity contribution in [1.29, 1.82) is 5.26 Å². The molecule has 0 fully saturated rings. The quantitative estimate of drug-likeness (QED) is 0.149. The maximum Gasteiger partial charge on any atom is 0.247 e. The lowest BCUT2D eigenvalue weighted by Gasteiger charge is -2.44. The van der Waals surface area contributed by atoms with E-state index in [1.165, 1.54) is 60.8 Å². The van der Waals surface area contributed by atoms with Gasteiger partial charge in [-0.15, -0.1) is 0 Å². The van der Waals surface area contributed by atoms with Crippen LogP contribution < -0.4 is 47.5 Å². The molecule has 9 aromatic carbocycles. The van der Waals surface area contributed by atoms with Gasteiger partial charge in [0.1, 0.15) is 6.07 Å². The lowest BCUT2D eigenvalue weighted by atomic mass is 9.30. The summed E-state index contributed by atoms with van der Waals surface area (Å²) in [6, 6.07) is 71.2. The van der Waals surface area contributed by atoms with Gasteiger partial charge in [0.2, 0.25) is 13.4 Å². The van der Waals surface area contributed by atoms with Crippen LogP contribution in [0.5, 0.6) is 0 Å². The van der Waals surface area contributed by atoms with Crippen molar-refractivity contribution in [2.24, 2.45) is 0 Å². The molecule has 0 N–H and O–H groups in total. The highest BCUT2D eigenvalue weighted by atomic mass is 15.2. The smallest absolute Gasteiger partial charge is 0.247 e. The summed E-state index contributed by atoms with van der Waals surface area (Å²) < 4.78 is 0. The highest BCUT2D eigenvalue weighted by Crippen LogP contribution is 2.47. The van der Waals surface area contributed by atoms with Crippen molar-refractivity contribution in [2.45, 2.75) is 48.5 Å². The van der Waals surface area contributed by atoms with Gasteiger partial charge < -0.3 is 14.7 Å². The summed E-state index contributed by atoms with van der Waals surface area (Å²) in [6.45, 7) is 15.3. The topological polar surface area (TPSA) is 33.5 Å². The second kappa shape index (κ2) is 17.0. The molecule has 6 heteroatoms. The highest BCUT2D eigenvalue weighted by molar-refractivity contribution is 7.01. The molecule has 68 heavy (non-hydrogen) atoms. The van der Waals surface area contributed by atoms with E-state index in [0.717, 1.165) is 62.1 Å². The molecule has 0 bridgehead atoms. The van der Waals surface area contributed by atoms with Crippen molar-refractivity contribution >= 4 is 97.4 Å². The molecule has 0 unspecified atom stereocenters. The SMILES string of the molecule is Cc1cc(C)c(B2c3ccc(C)cc3N(c3ccccc3)c3c2cc2c(c3C#N)N(c3ccccc3)c3cc(N(c4ccccc4)c4ccccc4)ccc3B2c2c(C)cc(C)cc2C)c(C)c1. The van der Waals surface area contributed by atoms with Crippen molar-refractivity contribution in [3.8, 4) is 6.07 Å². The summed E-state index contributed by atoms with van der Waals surface area (Å²) in [5.74, 6) is 0. The van der Waals surface area contributed by atoms with Crippen molar-refractivity contribution in [1.82, 2.24) is 0 Å². The Morgan fingerprint density at radius 3 is 1.21 bits per heavy atom. The first-order valence-electron chi connectivity index (χ1n) is 23.7. The molecule has 0 atom stereocenters. The first-order chi connectivity index (χ1) is 33.1. The summed E-state index contributed by atoms with van der Waals surface area (Å²) in [7, 11) is 0. The number of rotatable bonds is 7. The Bertz CT molecular complexity index is 3370. The van der Waals surface area contributed by atoms with Gasteiger partial charge in [-0.1, -0.05) is 166 Å². The molecular weight excluding hydrogens is 822 g/mol. The summed E-state index contributed by atoms with van der Waals surface area (Å²) in [5.41, 5.74) is 25.7. The van der Waals surface area contributed by atoms with Gasteiger partial charge in [0, 0.05) is 39.8 Å². The van der Waals surface area contributed by atoms with Gasteiger partial charge in [0.25, 0.3) is 0 Å². The van der Waals surface area contributed by atoms with Crippen LogP contribution in [0.3, 0.4) is 0 Å². The molecule has 0 aliphatic carbocycles. The first kappa shape index (κ1) is 42.6. The van der Waals surface area contributed by atoms with E-state index in [9.17, 15) is 5.26 Å². The van der Waals surface area contributed by atoms with Crippen LogP contribution in [0.2, 0.25) is 0 Å². The van der Waals surface area contributed by atoms with Gasteiger partial charge in [0.15, 0.2) is 0 Å². The molecule has 0 aromatic heterocycles. The fourth-order valence-electron chi connectivity index (χ4n) is 11.7. The molecule has 0 spiro atoms. The van der Waals surface area contributed by atoms with E-state index in [1.54, 1.807) is 0 Å². The minimum absolute atomic E-state index is 0.140. The van der Waals surface area contributed by atoms with Crippen LogP contribution in [0.1, 0.15) is 44.5 Å². The fourth-order valence-corrected chi connectivity index (χ4v) is 11.7. The van der Waals surface area contributed by atoms with E-state index in [0.29, 0.717) is 5.56 Å². The van der Waals surface area contributed by atoms with Crippen molar-refractivity contribution in [3.63, 3.8) is 0 Å². The second-order valence-corrected chi connectivity index (χ2v) is 18.9. The molecule has 2 aliphatic heterocycles. The number of anilines is 9. The van der Waals surface area contributed by atoms with Gasteiger partial charge >= 0.3 is 0 Å². The number of hydrogen-bond donors (Lipinski definition) is 0. The number of aryl methyl sites for hydroxylation is 7. The van der Waals surface area contributed by atoms with Crippen LogP contribution >= 0.6 is 0 Å². The molecule has 11 rings (SSSR count). The molecule has 0 amide bonds. The molecule has 0 saturated carbocycles. The molecular formula is C62H52B2N4. The van der Waals surface area contributed by atoms with Crippen LogP contribution in [0.25, 0.3) is 0 Å². The molecule has 4 nitrogen and oxygen atoms in total. The third-order valence-electron chi connectivity index (χ3n) is 14.2. The molecule has 0 saturated heterocycles. The third kappa shape index (κ3) is 7.01. The van der Waals surface area contributed by atoms with Crippen molar-refractivity contribution in [2.75, 3.05) is 14.7 Å². The van der Waals surface area contributed by atoms with Crippen LogP contribution in [-0.2, 0) is 0 Å². The van der Waals surface area contributed by atoms with E-state index in [1.807, 2.05) is 0 Å². The Labute approximate surface area is 402 Å². The Kier molecular flexibility index (Phi) is 10.7. The minimum Gasteiger partial charge on any atom is -0.310 e. The zero-order valence-corrected chi connectivity index (χ0v) is 39.8. The minimum atomic E-state index is -0.195. The summed E-state index contributed by atoms with van der Waals surface area (Å²) in [4.78, 5) is 7.11.